The molecule has 0 saturated carbocycles. The fourth-order valence-electron chi connectivity index (χ4n) is 1.61. The molecule has 2 rings (SSSR count). The van der Waals surface area contributed by atoms with Crippen LogP contribution in [-0.2, 0) is 0 Å². The third kappa shape index (κ3) is 2.04. The second-order valence-electron chi connectivity index (χ2n) is 4.38. The number of aromatic nitrogens is 1. The molecule has 1 aromatic heterocycles. The van der Waals surface area contributed by atoms with E-state index in [1.807, 2.05) is 31.1 Å². The molecule has 0 aromatic carbocycles. The standard InChI is InChI=1S/C11H17N3O/c1-11(7-12-8-11)15-9-5-4-6-13-10(9)14(2)3/h4-6,12H,7-8H2,1-3H3. The molecule has 0 atom stereocenters. The number of hydrogen-bond acceptors (Lipinski definition) is 4. The first-order valence-electron chi connectivity index (χ1n) is 5.13. The van der Waals surface area contributed by atoms with E-state index >= 15 is 0 Å². The van der Waals surface area contributed by atoms with Gasteiger partial charge in [-0.25, -0.2) is 4.98 Å². The van der Waals surface area contributed by atoms with Crippen LogP contribution in [0.25, 0.3) is 0 Å². The van der Waals surface area contributed by atoms with Crippen molar-refractivity contribution in [2.75, 3.05) is 32.1 Å². The molecule has 82 valence electrons. The fraction of sp³-hybridized carbons (Fsp3) is 0.545. The normalized spacial score (nSPS) is 18.1. The summed E-state index contributed by atoms with van der Waals surface area (Å²) in [4.78, 5) is 6.26. The van der Waals surface area contributed by atoms with Crippen molar-refractivity contribution < 1.29 is 4.74 Å². The van der Waals surface area contributed by atoms with Gasteiger partial charge in [-0.15, -0.1) is 0 Å². The first-order chi connectivity index (χ1) is 7.11. The van der Waals surface area contributed by atoms with Crippen LogP contribution >= 0.6 is 0 Å². The molecule has 4 nitrogen and oxygen atoms in total. The third-order valence-electron chi connectivity index (χ3n) is 2.53. The van der Waals surface area contributed by atoms with Crippen LogP contribution in [0.4, 0.5) is 5.82 Å². The maximum atomic E-state index is 5.96. The lowest BCUT2D eigenvalue weighted by Gasteiger charge is -2.39. The Morgan fingerprint density at radius 1 is 1.47 bits per heavy atom. The Morgan fingerprint density at radius 3 is 2.73 bits per heavy atom. The van der Waals surface area contributed by atoms with Crippen molar-refractivity contribution in [2.45, 2.75) is 12.5 Å². The van der Waals surface area contributed by atoms with Crippen molar-refractivity contribution in [1.82, 2.24) is 10.3 Å². The summed E-state index contributed by atoms with van der Waals surface area (Å²) >= 11 is 0. The number of nitrogens with zero attached hydrogens (tertiary/aromatic N) is 2. The van der Waals surface area contributed by atoms with E-state index in [0.717, 1.165) is 24.7 Å². The first kappa shape index (κ1) is 10.2. The molecule has 0 amide bonds. The monoisotopic (exact) mass is 207 g/mol. The van der Waals surface area contributed by atoms with Crippen molar-refractivity contribution in [3.8, 4) is 5.75 Å². The van der Waals surface area contributed by atoms with Gasteiger partial charge >= 0.3 is 0 Å². The maximum Gasteiger partial charge on any atom is 0.170 e. The topological polar surface area (TPSA) is 37.4 Å². The highest BCUT2D eigenvalue weighted by Crippen LogP contribution is 2.28. The molecule has 15 heavy (non-hydrogen) atoms. The Hall–Kier alpha value is -1.29. The number of ether oxygens (including phenoxy) is 1. The summed E-state index contributed by atoms with van der Waals surface area (Å²) in [6.07, 6.45) is 1.78. The van der Waals surface area contributed by atoms with E-state index in [9.17, 15) is 0 Å². The van der Waals surface area contributed by atoms with Crippen molar-refractivity contribution in [1.29, 1.82) is 0 Å². The smallest absolute Gasteiger partial charge is 0.170 e. The van der Waals surface area contributed by atoms with E-state index in [1.54, 1.807) is 6.20 Å². The average molecular weight is 207 g/mol. The summed E-state index contributed by atoms with van der Waals surface area (Å²) in [5.41, 5.74) is -0.0756. The predicted molar refractivity (Wildman–Crippen MR) is 60.5 cm³/mol. The summed E-state index contributed by atoms with van der Waals surface area (Å²) in [6, 6.07) is 3.86. The molecular formula is C11H17N3O. The van der Waals surface area contributed by atoms with E-state index < -0.39 is 0 Å². The van der Waals surface area contributed by atoms with Gasteiger partial charge in [0.25, 0.3) is 0 Å². The van der Waals surface area contributed by atoms with Crippen LogP contribution in [0.3, 0.4) is 0 Å². The maximum absolute atomic E-state index is 5.96. The van der Waals surface area contributed by atoms with Crippen molar-refractivity contribution >= 4 is 5.82 Å². The molecule has 1 saturated heterocycles. The van der Waals surface area contributed by atoms with E-state index in [2.05, 4.69) is 17.2 Å². The minimum absolute atomic E-state index is 0.0756. The Kier molecular flexibility index (Phi) is 2.52. The molecule has 1 fully saturated rings. The van der Waals surface area contributed by atoms with Gasteiger partial charge in [-0.05, 0) is 19.1 Å². The van der Waals surface area contributed by atoms with Crippen LogP contribution in [0.2, 0.25) is 0 Å². The molecule has 0 bridgehead atoms. The molecule has 1 N–H and O–H groups in total. The van der Waals surface area contributed by atoms with Crippen LogP contribution in [0.1, 0.15) is 6.92 Å². The van der Waals surface area contributed by atoms with Crippen molar-refractivity contribution in [3.63, 3.8) is 0 Å². The van der Waals surface area contributed by atoms with Crippen LogP contribution in [0.5, 0.6) is 5.75 Å². The summed E-state index contributed by atoms with van der Waals surface area (Å²) in [5, 5.41) is 3.21. The lowest BCUT2D eigenvalue weighted by molar-refractivity contribution is 0.0351. The van der Waals surface area contributed by atoms with Gasteiger partial charge in [0.2, 0.25) is 0 Å². The number of hydrogen-bond donors (Lipinski definition) is 1. The number of pyridine rings is 1. The molecule has 4 heteroatoms. The van der Waals surface area contributed by atoms with E-state index in [1.165, 1.54) is 0 Å². The molecular weight excluding hydrogens is 190 g/mol. The lowest BCUT2D eigenvalue weighted by Crippen LogP contribution is -2.61. The van der Waals surface area contributed by atoms with Gasteiger partial charge in [0.15, 0.2) is 11.6 Å². The van der Waals surface area contributed by atoms with Gasteiger partial charge in [0.1, 0.15) is 5.60 Å². The van der Waals surface area contributed by atoms with E-state index in [-0.39, 0.29) is 5.60 Å². The Balaban J connectivity index is 2.20. The average Bonchev–Trinajstić information content (AvgIpc) is 2.16. The summed E-state index contributed by atoms with van der Waals surface area (Å²) < 4.78 is 5.96. The van der Waals surface area contributed by atoms with Gasteiger partial charge in [-0.2, -0.15) is 0 Å². The zero-order chi connectivity index (χ0) is 10.9. The first-order valence-corrected chi connectivity index (χ1v) is 5.13. The van der Waals surface area contributed by atoms with Crippen LogP contribution in [0, 0.1) is 0 Å². The molecule has 1 aliphatic heterocycles. The summed E-state index contributed by atoms with van der Waals surface area (Å²) in [5.74, 6) is 1.73. The molecule has 0 radical (unpaired) electrons. The Morgan fingerprint density at radius 2 is 2.20 bits per heavy atom. The molecule has 1 aromatic rings. The van der Waals surface area contributed by atoms with Gasteiger partial charge in [0.05, 0.1) is 0 Å². The van der Waals surface area contributed by atoms with Gasteiger partial charge in [-0.3, -0.25) is 0 Å². The number of anilines is 1. The van der Waals surface area contributed by atoms with Gasteiger partial charge < -0.3 is 15.0 Å². The zero-order valence-corrected chi connectivity index (χ0v) is 9.45. The van der Waals surface area contributed by atoms with Gasteiger partial charge in [-0.1, -0.05) is 0 Å². The molecule has 0 spiro atoms. The number of rotatable bonds is 3. The van der Waals surface area contributed by atoms with Crippen LogP contribution in [0.15, 0.2) is 18.3 Å². The quantitative estimate of drug-likeness (QED) is 0.798. The van der Waals surface area contributed by atoms with E-state index in [0.29, 0.717) is 0 Å². The SMILES string of the molecule is CN(C)c1ncccc1OC1(C)CNC1. The predicted octanol–water partition coefficient (Wildman–Crippen LogP) is 0.888. The van der Waals surface area contributed by atoms with E-state index in [4.69, 9.17) is 4.74 Å². The van der Waals surface area contributed by atoms with Crippen molar-refractivity contribution in [2.24, 2.45) is 0 Å². The minimum atomic E-state index is -0.0756. The molecule has 0 unspecified atom stereocenters. The molecule has 2 heterocycles. The number of nitrogens with one attached hydrogen (secondary N) is 1. The molecule has 1 aliphatic rings. The largest absolute Gasteiger partial charge is 0.481 e. The highest BCUT2D eigenvalue weighted by atomic mass is 16.5. The molecule has 0 aliphatic carbocycles. The third-order valence-corrected chi connectivity index (χ3v) is 2.53. The Bertz CT molecular complexity index is 347. The summed E-state index contributed by atoms with van der Waals surface area (Å²) in [7, 11) is 3.94. The van der Waals surface area contributed by atoms with Crippen molar-refractivity contribution in [3.05, 3.63) is 18.3 Å². The second kappa shape index (κ2) is 3.70. The highest BCUT2D eigenvalue weighted by molar-refractivity contribution is 5.51. The van der Waals surface area contributed by atoms with Gasteiger partial charge in [0, 0.05) is 33.4 Å². The fourth-order valence-corrected chi connectivity index (χ4v) is 1.61. The Labute approximate surface area is 90.3 Å². The highest BCUT2D eigenvalue weighted by Gasteiger charge is 2.34. The van der Waals surface area contributed by atoms with Crippen LogP contribution < -0.4 is 15.0 Å². The van der Waals surface area contributed by atoms with Crippen LogP contribution in [-0.4, -0.2) is 37.8 Å². The second-order valence-corrected chi connectivity index (χ2v) is 4.38. The lowest BCUT2D eigenvalue weighted by atomic mass is 10.00. The minimum Gasteiger partial charge on any atom is -0.481 e. The zero-order valence-electron chi connectivity index (χ0n) is 9.45. The summed E-state index contributed by atoms with van der Waals surface area (Å²) in [6.45, 7) is 3.90.